The fourth-order valence-corrected chi connectivity index (χ4v) is 4.38. The number of halogens is 2. The molecule has 176 valence electrons. The summed E-state index contributed by atoms with van der Waals surface area (Å²) >= 11 is 5.39. The Bertz CT molecular complexity index is 1390. The molecule has 0 bridgehead atoms. The van der Waals surface area contributed by atoms with Gasteiger partial charge in [-0.15, -0.1) is 0 Å². The van der Waals surface area contributed by atoms with Crippen LogP contribution in [0.4, 0.5) is 10.5 Å². The first-order chi connectivity index (χ1) is 16.7. The summed E-state index contributed by atoms with van der Waals surface area (Å²) in [5, 5.41) is 11.2. The summed E-state index contributed by atoms with van der Waals surface area (Å²) in [6.45, 7) is 0.237. The minimum absolute atomic E-state index is 0.174. The van der Waals surface area contributed by atoms with Gasteiger partial charge in [0.2, 0.25) is 0 Å². The third-order valence-corrected chi connectivity index (χ3v) is 6.37. The Morgan fingerprint density at radius 2 is 1.80 bits per heavy atom. The van der Waals surface area contributed by atoms with E-state index >= 15 is 0 Å². The summed E-state index contributed by atoms with van der Waals surface area (Å²) in [5.74, 6) is -1.91. The fourth-order valence-electron chi connectivity index (χ4n) is 3.30. The predicted molar refractivity (Wildman–Crippen MR) is 140 cm³/mol. The molecule has 0 unspecified atom stereocenters. The number of anilines is 1. The molecule has 0 aliphatic carbocycles. The molecule has 0 atom stereocenters. The number of hydrogen-bond acceptors (Lipinski definition) is 5. The Morgan fingerprint density at radius 1 is 1.06 bits per heavy atom. The van der Waals surface area contributed by atoms with Crippen LogP contribution >= 0.6 is 38.5 Å². The van der Waals surface area contributed by atoms with Gasteiger partial charge < -0.3 is 9.84 Å². The van der Waals surface area contributed by atoms with E-state index < -0.39 is 23.8 Å². The lowest BCUT2D eigenvalue weighted by Gasteiger charge is -2.26. The number of rotatable bonds is 6. The van der Waals surface area contributed by atoms with Crippen LogP contribution in [0.15, 0.2) is 76.8 Å². The first-order valence-electron chi connectivity index (χ1n) is 10.1. The van der Waals surface area contributed by atoms with E-state index in [-0.39, 0.29) is 17.7 Å². The number of carbonyl (C=O) groups is 4. The molecular formula is C25H16BrIN2O6. The van der Waals surface area contributed by atoms with Crippen LogP contribution in [0.2, 0.25) is 0 Å². The van der Waals surface area contributed by atoms with Crippen molar-refractivity contribution in [2.45, 2.75) is 6.61 Å². The van der Waals surface area contributed by atoms with Crippen LogP contribution in [0.25, 0.3) is 6.08 Å². The number of nitrogens with one attached hydrogen (secondary N) is 1. The number of carboxylic acid groups (broad SMARTS) is 1. The average Bonchev–Trinajstić information content (AvgIpc) is 2.81. The van der Waals surface area contributed by atoms with Crippen molar-refractivity contribution in [3.05, 3.63) is 97.0 Å². The highest BCUT2D eigenvalue weighted by molar-refractivity contribution is 14.1. The van der Waals surface area contributed by atoms with Crippen LogP contribution in [-0.4, -0.2) is 28.9 Å². The Kier molecular flexibility index (Phi) is 7.31. The number of imide groups is 2. The third kappa shape index (κ3) is 5.60. The highest BCUT2D eigenvalue weighted by atomic mass is 127. The highest BCUT2D eigenvalue weighted by Crippen LogP contribution is 2.27. The van der Waals surface area contributed by atoms with Crippen molar-refractivity contribution in [2.24, 2.45) is 0 Å². The molecule has 2 N–H and O–H groups in total. The predicted octanol–water partition coefficient (Wildman–Crippen LogP) is 5.00. The maximum atomic E-state index is 13.0. The number of hydrogen-bond donors (Lipinski definition) is 2. The van der Waals surface area contributed by atoms with E-state index in [1.807, 2.05) is 0 Å². The summed E-state index contributed by atoms with van der Waals surface area (Å²) < 4.78 is 7.25. The Morgan fingerprint density at radius 3 is 2.46 bits per heavy atom. The molecule has 0 spiro atoms. The standard InChI is InChI=1S/C25H16BrIN2O6/c26-17-2-1-3-18(12-17)29-23(31)19(22(30)28-25(29)34)10-15-6-9-21(20(27)11-15)35-13-14-4-7-16(8-5-14)24(32)33/h1-12H,13H2,(H,32,33)(H,28,30,34)/b19-10+. The number of barbiturate groups is 1. The average molecular weight is 647 g/mol. The number of aromatic carboxylic acids is 1. The first-order valence-corrected chi connectivity index (χ1v) is 12.0. The quantitative estimate of drug-likeness (QED) is 0.222. The molecule has 1 saturated heterocycles. The molecule has 10 heteroatoms. The largest absolute Gasteiger partial charge is 0.488 e. The normalized spacial score (nSPS) is 14.7. The smallest absolute Gasteiger partial charge is 0.335 e. The van der Waals surface area contributed by atoms with Gasteiger partial charge in [0.1, 0.15) is 17.9 Å². The van der Waals surface area contributed by atoms with Gasteiger partial charge in [0.15, 0.2) is 0 Å². The maximum Gasteiger partial charge on any atom is 0.335 e. The molecule has 3 aromatic rings. The molecule has 0 saturated carbocycles. The molecule has 3 aromatic carbocycles. The van der Waals surface area contributed by atoms with Crippen molar-refractivity contribution in [3.63, 3.8) is 0 Å². The zero-order valence-corrected chi connectivity index (χ0v) is 21.6. The first kappa shape index (κ1) is 24.6. The Balaban J connectivity index is 1.53. The summed E-state index contributed by atoms with van der Waals surface area (Å²) in [5.41, 5.74) is 1.73. The Hall–Kier alpha value is -3.51. The van der Waals surface area contributed by atoms with E-state index in [1.54, 1.807) is 54.6 Å². The molecule has 1 aliphatic heterocycles. The van der Waals surface area contributed by atoms with Gasteiger partial charge in [-0.3, -0.25) is 14.9 Å². The van der Waals surface area contributed by atoms with Crippen molar-refractivity contribution in [1.82, 2.24) is 5.32 Å². The second-order valence-electron chi connectivity index (χ2n) is 7.42. The highest BCUT2D eigenvalue weighted by Gasteiger charge is 2.36. The minimum Gasteiger partial charge on any atom is -0.488 e. The van der Waals surface area contributed by atoms with Gasteiger partial charge >= 0.3 is 12.0 Å². The summed E-state index contributed by atoms with van der Waals surface area (Å²) in [6.07, 6.45) is 1.42. The number of amides is 4. The zero-order chi connectivity index (χ0) is 25.1. The lowest BCUT2D eigenvalue weighted by Crippen LogP contribution is -2.54. The molecule has 1 heterocycles. The summed E-state index contributed by atoms with van der Waals surface area (Å²) in [4.78, 5) is 49.7. The van der Waals surface area contributed by atoms with E-state index in [0.29, 0.717) is 21.5 Å². The van der Waals surface area contributed by atoms with Crippen molar-refractivity contribution in [2.75, 3.05) is 4.90 Å². The van der Waals surface area contributed by atoms with Crippen LogP contribution in [0, 0.1) is 3.57 Å². The number of ether oxygens (including phenoxy) is 1. The lowest BCUT2D eigenvalue weighted by atomic mass is 10.1. The number of urea groups is 1. The van der Waals surface area contributed by atoms with Crippen molar-refractivity contribution >= 4 is 74.1 Å². The minimum atomic E-state index is -0.994. The maximum absolute atomic E-state index is 13.0. The van der Waals surface area contributed by atoms with Crippen molar-refractivity contribution in [1.29, 1.82) is 0 Å². The number of nitrogens with zero attached hydrogens (tertiary/aromatic N) is 1. The molecule has 35 heavy (non-hydrogen) atoms. The SMILES string of the molecule is O=C1NC(=O)N(c2cccc(Br)c2)C(=O)/C1=C/c1ccc(OCc2ccc(C(=O)O)cc2)c(I)c1. The molecule has 4 rings (SSSR count). The van der Waals surface area contributed by atoms with Crippen LogP contribution in [0.3, 0.4) is 0 Å². The Labute approximate surface area is 221 Å². The number of carbonyl (C=O) groups excluding carboxylic acids is 3. The van der Waals surface area contributed by atoms with Gasteiger partial charge in [0.05, 0.1) is 14.8 Å². The molecule has 4 amide bonds. The van der Waals surface area contributed by atoms with E-state index in [9.17, 15) is 19.2 Å². The van der Waals surface area contributed by atoms with Crippen molar-refractivity contribution in [3.8, 4) is 5.75 Å². The van der Waals surface area contributed by atoms with E-state index in [0.717, 1.165) is 14.0 Å². The number of carboxylic acids is 1. The second kappa shape index (κ2) is 10.4. The molecule has 0 radical (unpaired) electrons. The van der Waals surface area contributed by atoms with Crippen molar-refractivity contribution < 1.29 is 29.0 Å². The molecule has 8 nitrogen and oxygen atoms in total. The topological polar surface area (TPSA) is 113 Å². The second-order valence-corrected chi connectivity index (χ2v) is 9.50. The third-order valence-electron chi connectivity index (χ3n) is 5.03. The van der Waals surface area contributed by atoms with Gasteiger partial charge in [0.25, 0.3) is 11.8 Å². The summed E-state index contributed by atoms with van der Waals surface area (Å²) in [7, 11) is 0. The van der Waals surface area contributed by atoms with Gasteiger partial charge in [-0.25, -0.2) is 14.5 Å². The fraction of sp³-hybridized carbons (Fsp3) is 0.0400. The molecule has 1 aliphatic rings. The monoisotopic (exact) mass is 646 g/mol. The molecular weight excluding hydrogens is 631 g/mol. The summed E-state index contributed by atoms with van der Waals surface area (Å²) in [6, 6.07) is 17.4. The van der Waals surface area contributed by atoms with Crippen LogP contribution < -0.4 is 15.0 Å². The zero-order valence-electron chi connectivity index (χ0n) is 17.8. The van der Waals surface area contributed by atoms with E-state index in [1.165, 1.54) is 18.2 Å². The van der Waals surface area contributed by atoms with Gasteiger partial charge in [-0.1, -0.05) is 40.2 Å². The van der Waals surface area contributed by atoms with Crippen LogP contribution in [-0.2, 0) is 16.2 Å². The molecule has 1 fully saturated rings. The van der Waals surface area contributed by atoms with E-state index in [4.69, 9.17) is 9.84 Å². The van der Waals surface area contributed by atoms with Gasteiger partial charge in [0, 0.05) is 4.47 Å². The van der Waals surface area contributed by atoms with Gasteiger partial charge in [-0.2, -0.15) is 0 Å². The van der Waals surface area contributed by atoms with E-state index in [2.05, 4.69) is 43.8 Å². The lowest BCUT2D eigenvalue weighted by molar-refractivity contribution is -0.122. The molecule has 0 aromatic heterocycles. The van der Waals surface area contributed by atoms with Gasteiger partial charge in [-0.05, 0) is 82.3 Å². The van der Waals surface area contributed by atoms with Crippen LogP contribution in [0.1, 0.15) is 21.5 Å². The number of benzene rings is 3. The van der Waals surface area contributed by atoms with Crippen LogP contribution in [0.5, 0.6) is 5.75 Å².